The molecule has 17 heavy (non-hydrogen) atoms. The van der Waals surface area contributed by atoms with E-state index in [0.717, 1.165) is 12.1 Å². The third-order valence-corrected chi connectivity index (χ3v) is 2.25. The highest BCUT2D eigenvalue weighted by Crippen LogP contribution is 2.26. The molecule has 1 aromatic carbocycles. The molecule has 5 heteroatoms. The molecule has 0 aliphatic heterocycles. The Balaban J connectivity index is 2.56. The molecule has 0 fully saturated rings. The van der Waals surface area contributed by atoms with Gasteiger partial charge in [-0.15, -0.1) is 0 Å². The van der Waals surface area contributed by atoms with Crippen molar-refractivity contribution in [1.82, 2.24) is 0 Å². The second-order valence-corrected chi connectivity index (χ2v) is 3.89. The van der Waals surface area contributed by atoms with Gasteiger partial charge >= 0.3 is 5.97 Å². The minimum atomic E-state index is -1.00. The van der Waals surface area contributed by atoms with Gasteiger partial charge in [0.1, 0.15) is 11.6 Å². The van der Waals surface area contributed by atoms with Crippen LogP contribution in [0.1, 0.15) is 13.3 Å². The van der Waals surface area contributed by atoms with Gasteiger partial charge in [-0.3, -0.25) is 0 Å². The van der Waals surface area contributed by atoms with Gasteiger partial charge in [0.25, 0.3) is 0 Å². The number of benzene rings is 1. The third-order valence-electron chi connectivity index (χ3n) is 1.95. The normalized spacial score (nSPS) is 12.6. The predicted octanol–water partition coefficient (Wildman–Crippen LogP) is 3.28. The van der Waals surface area contributed by atoms with E-state index in [4.69, 9.17) is 21.4 Å². The number of halogens is 2. The molecule has 0 aliphatic carbocycles. The first kappa shape index (κ1) is 13.5. The Morgan fingerprint density at radius 2 is 2.35 bits per heavy atom. The first-order valence-corrected chi connectivity index (χ1v) is 5.38. The summed E-state index contributed by atoms with van der Waals surface area (Å²) in [5.74, 6) is -1.05. The monoisotopic (exact) mass is 258 g/mol. The largest absolute Gasteiger partial charge is 0.489 e. The summed E-state index contributed by atoms with van der Waals surface area (Å²) in [4.78, 5) is 10.2. The summed E-state index contributed by atoms with van der Waals surface area (Å²) < 4.78 is 18.2. The zero-order valence-electron chi connectivity index (χ0n) is 9.19. The maximum absolute atomic E-state index is 12.8. The van der Waals surface area contributed by atoms with E-state index in [2.05, 4.69) is 0 Å². The molecule has 1 rings (SSSR count). The van der Waals surface area contributed by atoms with Crippen LogP contribution in [0.3, 0.4) is 0 Å². The molecule has 0 spiro atoms. The van der Waals surface area contributed by atoms with Crippen molar-refractivity contribution in [2.75, 3.05) is 0 Å². The third kappa shape index (κ3) is 4.87. The Labute approximate surface area is 103 Å². The van der Waals surface area contributed by atoms with Crippen LogP contribution in [0, 0.1) is 5.82 Å². The van der Waals surface area contributed by atoms with Crippen molar-refractivity contribution in [3.63, 3.8) is 0 Å². The van der Waals surface area contributed by atoms with Gasteiger partial charge in [0.2, 0.25) is 0 Å². The molecule has 0 aromatic heterocycles. The highest BCUT2D eigenvalue weighted by atomic mass is 35.5. The van der Waals surface area contributed by atoms with E-state index in [9.17, 15) is 9.18 Å². The summed E-state index contributed by atoms with van der Waals surface area (Å²) in [6.45, 7) is 1.77. The van der Waals surface area contributed by atoms with E-state index in [1.54, 1.807) is 6.92 Å². The molecule has 0 saturated carbocycles. The molecule has 0 heterocycles. The molecule has 1 N–H and O–H groups in total. The maximum Gasteiger partial charge on any atom is 0.327 e. The van der Waals surface area contributed by atoms with E-state index in [0.29, 0.717) is 12.2 Å². The molecular formula is C12H12ClFO3. The van der Waals surface area contributed by atoms with Gasteiger partial charge in [-0.25, -0.2) is 9.18 Å². The minimum absolute atomic E-state index is 0.194. The zero-order valence-corrected chi connectivity index (χ0v) is 9.95. The van der Waals surface area contributed by atoms with E-state index >= 15 is 0 Å². The molecule has 0 saturated heterocycles. The molecular weight excluding hydrogens is 247 g/mol. The predicted molar refractivity (Wildman–Crippen MR) is 62.9 cm³/mol. The van der Waals surface area contributed by atoms with Gasteiger partial charge in [-0.2, -0.15) is 0 Å². The molecule has 0 bridgehead atoms. The molecule has 92 valence electrons. The highest BCUT2D eigenvalue weighted by Gasteiger charge is 2.07. The van der Waals surface area contributed by atoms with E-state index in [1.807, 2.05) is 0 Å². The van der Waals surface area contributed by atoms with Crippen LogP contribution in [0.2, 0.25) is 5.02 Å². The van der Waals surface area contributed by atoms with Crippen LogP contribution in [0.5, 0.6) is 5.75 Å². The standard InChI is InChI=1S/C12H12ClFO3/c1-8(3-2-4-12(15)16)17-11-6-5-9(14)7-10(11)13/h2,4-8H,3H2,1H3,(H,15,16)/b4-2+. The van der Waals surface area contributed by atoms with Gasteiger partial charge in [-0.05, 0) is 25.1 Å². The Morgan fingerprint density at radius 1 is 1.65 bits per heavy atom. The van der Waals surface area contributed by atoms with Gasteiger partial charge < -0.3 is 9.84 Å². The van der Waals surface area contributed by atoms with Crippen LogP contribution in [0.25, 0.3) is 0 Å². The molecule has 0 amide bonds. The van der Waals surface area contributed by atoms with Crippen LogP contribution in [0.4, 0.5) is 4.39 Å². The Bertz CT molecular complexity index is 432. The number of ether oxygens (including phenoxy) is 1. The fraction of sp³-hybridized carbons (Fsp3) is 0.250. The summed E-state index contributed by atoms with van der Waals surface area (Å²) in [5.41, 5.74) is 0. The Kier molecular flexibility index (Phi) is 4.97. The van der Waals surface area contributed by atoms with Crippen LogP contribution in [0.15, 0.2) is 30.4 Å². The molecule has 0 radical (unpaired) electrons. The SMILES string of the molecule is CC(C/C=C/C(=O)O)Oc1ccc(F)cc1Cl. The van der Waals surface area contributed by atoms with Crippen LogP contribution < -0.4 is 4.74 Å². The summed E-state index contributed by atoms with van der Waals surface area (Å²) in [6.07, 6.45) is 2.73. The Morgan fingerprint density at radius 3 is 2.94 bits per heavy atom. The number of hydrogen-bond donors (Lipinski definition) is 1. The highest BCUT2D eigenvalue weighted by molar-refractivity contribution is 6.32. The molecule has 1 atom stereocenters. The summed E-state index contributed by atoms with van der Waals surface area (Å²) >= 11 is 5.78. The smallest absolute Gasteiger partial charge is 0.327 e. The fourth-order valence-electron chi connectivity index (χ4n) is 1.20. The lowest BCUT2D eigenvalue weighted by molar-refractivity contribution is -0.131. The van der Waals surface area contributed by atoms with Crippen molar-refractivity contribution < 1.29 is 19.0 Å². The fourth-order valence-corrected chi connectivity index (χ4v) is 1.41. The van der Waals surface area contributed by atoms with Crippen LogP contribution >= 0.6 is 11.6 Å². The van der Waals surface area contributed by atoms with E-state index in [-0.39, 0.29) is 11.1 Å². The maximum atomic E-state index is 12.8. The molecule has 3 nitrogen and oxygen atoms in total. The average molecular weight is 259 g/mol. The lowest BCUT2D eigenvalue weighted by atomic mass is 10.2. The lowest BCUT2D eigenvalue weighted by Crippen LogP contribution is -2.10. The van der Waals surface area contributed by atoms with Crippen molar-refractivity contribution in [1.29, 1.82) is 0 Å². The first-order chi connectivity index (χ1) is 7.99. The van der Waals surface area contributed by atoms with Crippen molar-refractivity contribution in [3.8, 4) is 5.75 Å². The number of rotatable bonds is 5. The number of aliphatic carboxylic acids is 1. The van der Waals surface area contributed by atoms with Crippen molar-refractivity contribution >= 4 is 17.6 Å². The van der Waals surface area contributed by atoms with Gasteiger partial charge in [0.15, 0.2) is 0 Å². The second kappa shape index (κ2) is 6.25. The van der Waals surface area contributed by atoms with Gasteiger partial charge in [0, 0.05) is 12.5 Å². The first-order valence-electron chi connectivity index (χ1n) is 5.00. The van der Waals surface area contributed by atoms with E-state index < -0.39 is 11.8 Å². The summed E-state index contributed by atoms with van der Waals surface area (Å²) in [6, 6.07) is 3.85. The quantitative estimate of drug-likeness (QED) is 0.825. The average Bonchev–Trinajstić information content (AvgIpc) is 2.21. The van der Waals surface area contributed by atoms with E-state index in [1.165, 1.54) is 18.2 Å². The minimum Gasteiger partial charge on any atom is -0.489 e. The van der Waals surface area contributed by atoms with Crippen molar-refractivity contribution in [2.24, 2.45) is 0 Å². The number of carbonyl (C=O) groups is 1. The van der Waals surface area contributed by atoms with Crippen LogP contribution in [-0.2, 0) is 4.79 Å². The lowest BCUT2D eigenvalue weighted by Gasteiger charge is -2.13. The van der Waals surface area contributed by atoms with Crippen molar-refractivity contribution in [2.45, 2.75) is 19.4 Å². The number of hydrogen-bond acceptors (Lipinski definition) is 2. The molecule has 1 unspecified atom stereocenters. The van der Waals surface area contributed by atoms with Crippen LogP contribution in [-0.4, -0.2) is 17.2 Å². The number of carboxylic acids is 1. The molecule has 1 aromatic rings. The summed E-state index contributed by atoms with van der Waals surface area (Å²) in [5, 5.41) is 8.59. The number of carboxylic acid groups (broad SMARTS) is 1. The summed E-state index contributed by atoms with van der Waals surface area (Å²) in [7, 11) is 0. The second-order valence-electron chi connectivity index (χ2n) is 3.48. The van der Waals surface area contributed by atoms with Gasteiger partial charge in [-0.1, -0.05) is 17.7 Å². The van der Waals surface area contributed by atoms with Crippen molar-refractivity contribution in [3.05, 3.63) is 41.2 Å². The zero-order chi connectivity index (χ0) is 12.8. The van der Waals surface area contributed by atoms with Gasteiger partial charge in [0.05, 0.1) is 11.1 Å². The topological polar surface area (TPSA) is 46.5 Å². The molecule has 0 aliphatic rings. The Hall–Kier alpha value is -1.55.